The Morgan fingerprint density at radius 2 is 1.81 bits per heavy atom. The van der Waals surface area contributed by atoms with Gasteiger partial charge < -0.3 is 25.8 Å². The maximum absolute atomic E-state index is 9.92. The highest BCUT2D eigenvalue weighted by atomic mass is 32.2. The molecule has 1 aliphatic rings. The molecule has 116 valence electrons. The molecule has 0 spiro atoms. The van der Waals surface area contributed by atoms with Gasteiger partial charge in [0.05, 0.1) is 6.10 Å². The van der Waals surface area contributed by atoms with Crippen LogP contribution in [0.1, 0.15) is 5.56 Å². The van der Waals surface area contributed by atoms with Gasteiger partial charge in [0.15, 0.2) is 0 Å². The summed E-state index contributed by atoms with van der Waals surface area (Å²) in [5.41, 5.74) is 5.99. The van der Waals surface area contributed by atoms with E-state index in [9.17, 15) is 15.3 Å². The first kappa shape index (κ1) is 16.5. The lowest BCUT2D eigenvalue weighted by Crippen LogP contribution is -2.58. The Morgan fingerprint density at radius 1 is 1.10 bits per heavy atom. The zero-order valence-corrected chi connectivity index (χ0v) is 12.4. The fourth-order valence-corrected chi connectivity index (χ4v) is 3.12. The van der Waals surface area contributed by atoms with Crippen molar-refractivity contribution in [1.29, 1.82) is 0 Å². The number of rotatable bonds is 5. The van der Waals surface area contributed by atoms with Crippen LogP contribution < -0.4 is 5.73 Å². The molecule has 0 aromatic heterocycles. The van der Waals surface area contributed by atoms with Crippen LogP contribution in [-0.2, 0) is 4.74 Å². The summed E-state index contributed by atoms with van der Waals surface area (Å²) in [6.07, 6.45) is -0.222. The summed E-state index contributed by atoms with van der Waals surface area (Å²) in [5.74, 6) is 0.622. The van der Waals surface area contributed by atoms with Crippen molar-refractivity contribution >= 4 is 17.8 Å². The molecule has 1 fully saturated rings. The van der Waals surface area contributed by atoms with E-state index in [1.807, 2.05) is 42.5 Å². The van der Waals surface area contributed by atoms with Crippen LogP contribution in [0.5, 0.6) is 0 Å². The summed E-state index contributed by atoms with van der Waals surface area (Å²) in [7, 11) is 0. The van der Waals surface area contributed by atoms with Crippen molar-refractivity contribution < 1.29 is 20.1 Å². The number of ether oxygens (including phenoxy) is 1. The minimum Gasteiger partial charge on any atom is -0.388 e. The highest BCUT2D eigenvalue weighted by Gasteiger charge is 2.42. The van der Waals surface area contributed by atoms with Gasteiger partial charge in [-0.3, -0.25) is 0 Å². The van der Waals surface area contributed by atoms with Crippen LogP contribution in [-0.4, -0.2) is 57.5 Å². The number of benzene rings is 1. The minimum atomic E-state index is -1.23. The molecule has 1 heterocycles. The summed E-state index contributed by atoms with van der Waals surface area (Å²) in [6, 6.07) is 9.88. The first-order valence-corrected chi connectivity index (χ1v) is 7.91. The van der Waals surface area contributed by atoms with Crippen molar-refractivity contribution in [1.82, 2.24) is 0 Å². The van der Waals surface area contributed by atoms with Gasteiger partial charge in [-0.15, -0.1) is 11.8 Å². The normalized spacial score (nSPS) is 33.4. The standard InChI is InChI=1S/C15H21NO4S/c16-9-11-12(17)13(18)14(19)15(20-11)21-8-4-7-10-5-2-1-3-6-10/h1-7,11-15,17-19H,8-9,16H2/b7-4+/t11-,12-,13+,14+,15-/m1/s1. The zero-order valence-electron chi connectivity index (χ0n) is 11.6. The number of hydrogen-bond donors (Lipinski definition) is 4. The van der Waals surface area contributed by atoms with E-state index >= 15 is 0 Å². The SMILES string of the molecule is NC[C@H]1O[C@H](SC/C=C/c2ccccc2)[C@@H](O)[C@@H](O)[C@@H]1O. The zero-order chi connectivity index (χ0) is 15.2. The van der Waals surface area contributed by atoms with Crippen molar-refractivity contribution in [2.45, 2.75) is 29.9 Å². The second-order valence-electron chi connectivity index (χ2n) is 4.90. The van der Waals surface area contributed by atoms with Crippen LogP contribution in [0.2, 0.25) is 0 Å². The van der Waals surface area contributed by atoms with Crippen LogP contribution >= 0.6 is 11.8 Å². The van der Waals surface area contributed by atoms with Crippen molar-refractivity contribution in [2.24, 2.45) is 5.73 Å². The maximum atomic E-state index is 9.92. The summed E-state index contributed by atoms with van der Waals surface area (Å²) >= 11 is 1.36. The third-order valence-electron chi connectivity index (χ3n) is 3.37. The van der Waals surface area contributed by atoms with Crippen molar-refractivity contribution in [3.8, 4) is 0 Å². The van der Waals surface area contributed by atoms with Crippen LogP contribution in [0.4, 0.5) is 0 Å². The predicted molar refractivity (Wildman–Crippen MR) is 83.7 cm³/mol. The molecule has 5 N–H and O–H groups in total. The fourth-order valence-electron chi connectivity index (χ4n) is 2.15. The third-order valence-corrected chi connectivity index (χ3v) is 4.47. The van der Waals surface area contributed by atoms with E-state index in [1.165, 1.54) is 11.8 Å². The molecule has 1 aliphatic heterocycles. The van der Waals surface area contributed by atoms with E-state index in [2.05, 4.69) is 0 Å². The topological polar surface area (TPSA) is 95.9 Å². The van der Waals surface area contributed by atoms with Crippen molar-refractivity contribution in [2.75, 3.05) is 12.3 Å². The fraction of sp³-hybridized carbons (Fsp3) is 0.467. The summed E-state index contributed by atoms with van der Waals surface area (Å²) in [5, 5.41) is 29.4. The van der Waals surface area contributed by atoms with Crippen LogP contribution in [0, 0.1) is 0 Å². The molecule has 0 unspecified atom stereocenters. The average Bonchev–Trinajstić information content (AvgIpc) is 2.52. The minimum absolute atomic E-state index is 0.0991. The lowest BCUT2D eigenvalue weighted by Gasteiger charge is -2.39. The smallest absolute Gasteiger partial charge is 0.132 e. The van der Waals surface area contributed by atoms with E-state index in [0.717, 1.165) is 5.56 Å². The molecule has 1 aromatic carbocycles. The van der Waals surface area contributed by atoms with Crippen LogP contribution in [0.25, 0.3) is 6.08 Å². The quantitative estimate of drug-likeness (QED) is 0.620. The molecule has 5 atom stereocenters. The maximum Gasteiger partial charge on any atom is 0.132 e. The molecule has 0 radical (unpaired) electrons. The first-order chi connectivity index (χ1) is 10.1. The van der Waals surface area contributed by atoms with Crippen LogP contribution in [0.15, 0.2) is 36.4 Å². The number of aliphatic hydroxyl groups excluding tert-OH is 3. The van der Waals surface area contributed by atoms with Crippen molar-refractivity contribution in [3.63, 3.8) is 0 Å². The Kier molecular flexibility index (Phi) is 6.22. The third kappa shape index (κ3) is 4.29. The molecular weight excluding hydrogens is 290 g/mol. The van der Waals surface area contributed by atoms with E-state index in [0.29, 0.717) is 5.75 Å². The summed E-state index contributed by atoms with van der Waals surface area (Å²) in [4.78, 5) is 0. The number of hydrogen-bond acceptors (Lipinski definition) is 6. The van der Waals surface area contributed by atoms with Gasteiger partial charge in [-0.05, 0) is 5.56 Å². The molecule has 6 heteroatoms. The second-order valence-corrected chi connectivity index (χ2v) is 6.03. The molecule has 0 bridgehead atoms. The monoisotopic (exact) mass is 311 g/mol. The molecule has 0 aliphatic carbocycles. The predicted octanol–water partition coefficient (Wildman–Crippen LogP) is 0.199. The van der Waals surface area contributed by atoms with Gasteiger partial charge >= 0.3 is 0 Å². The molecular formula is C15H21NO4S. The highest BCUT2D eigenvalue weighted by molar-refractivity contribution is 7.99. The van der Waals surface area contributed by atoms with E-state index in [1.54, 1.807) is 0 Å². The molecule has 1 aromatic rings. The van der Waals surface area contributed by atoms with Crippen molar-refractivity contribution in [3.05, 3.63) is 42.0 Å². The number of thioether (sulfide) groups is 1. The van der Waals surface area contributed by atoms with E-state index in [-0.39, 0.29) is 6.54 Å². The van der Waals surface area contributed by atoms with Gasteiger partial charge in [0, 0.05) is 12.3 Å². The molecule has 0 saturated carbocycles. The number of aliphatic hydroxyl groups is 3. The molecule has 5 nitrogen and oxygen atoms in total. The largest absolute Gasteiger partial charge is 0.388 e. The van der Waals surface area contributed by atoms with Crippen LogP contribution in [0.3, 0.4) is 0 Å². The lowest BCUT2D eigenvalue weighted by atomic mass is 10.0. The highest BCUT2D eigenvalue weighted by Crippen LogP contribution is 2.28. The summed E-state index contributed by atoms with van der Waals surface area (Å²) < 4.78 is 5.53. The average molecular weight is 311 g/mol. The van der Waals surface area contributed by atoms with Gasteiger partial charge in [-0.25, -0.2) is 0 Å². The van der Waals surface area contributed by atoms with Gasteiger partial charge in [0.1, 0.15) is 23.7 Å². The van der Waals surface area contributed by atoms with Gasteiger partial charge in [-0.2, -0.15) is 0 Å². The van der Waals surface area contributed by atoms with E-state index < -0.39 is 29.9 Å². The molecule has 2 rings (SSSR count). The molecule has 21 heavy (non-hydrogen) atoms. The van der Waals surface area contributed by atoms with Gasteiger partial charge in [0.25, 0.3) is 0 Å². The second kappa shape index (κ2) is 7.93. The Hall–Kier alpha value is -0.890. The van der Waals surface area contributed by atoms with Gasteiger partial charge in [0.2, 0.25) is 0 Å². The lowest BCUT2D eigenvalue weighted by molar-refractivity contribution is -0.194. The van der Waals surface area contributed by atoms with E-state index in [4.69, 9.17) is 10.5 Å². The van der Waals surface area contributed by atoms with Gasteiger partial charge in [-0.1, -0.05) is 42.5 Å². The first-order valence-electron chi connectivity index (χ1n) is 6.86. The Morgan fingerprint density at radius 3 is 2.48 bits per heavy atom. The molecule has 1 saturated heterocycles. The molecule has 0 amide bonds. The Labute approximate surface area is 128 Å². The Balaban J connectivity index is 1.86. The Bertz CT molecular complexity index is 454. The summed E-state index contributed by atoms with van der Waals surface area (Å²) in [6.45, 7) is 0.0991. The number of nitrogens with two attached hydrogens (primary N) is 1.